The van der Waals surface area contributed by atoms with E-state index < -0.39 is 32.5 Å². The first-order valence-corrected chi connectivity index (χ1v) is 10.3. The number of methoxy groups -OCH3 is 2. The third-order valence-corrected chi connectivity index (χ3v) is 5.62. The normalized spacial score (nSPS) is 11.0. The SMILES string of the molecule is COc1ccc(NC(=O)c2ccc(NS(=O)(=O)c3ccc(F)c(F)c3)cc2)cc1OC. The van der Waals surface area contributed by atoms with Crippen LogP contribution in [-0.4, -0.2) is 28.5 Å². The summed E-state index contributed by atoms with van der Waals surface area (Å²) in [7, 11) is -1.16. The molecule has 0 aliphatic rings. The minimum Gasteiger partial charge on any atom is -0.493 e. The van der Waals surface area contributed by atoms with Crippen LogP contribution in [0.25, 0.3) is 0 Å². The van der Waals surface area contributed by atoms with E-state index in [-0.39, 0.29) is 11.3 Å². The molecule has 0 aliphatic heterocycles. The molecule has 0 aliphatic carbocycles. The van der Waals surface area contributed by atoms with Crippen molar-refractivity contribution in [1.82, 2.24) is 0 Å². The van der Waals surface area contributed by atoms with E-state index in [0.29, 0.717) is 23.3 Å². The summed E-state index contributed by atoms with van der Waals surface area (Å²) in [5.74, 6) is -1.89. The molecule has 0 fully saturated rings. The molecular formula is C21H18F2N2O5S. The summed E-state index contributed by atoms with van der Waals surface area (Å²) in [4.78, 5) is 12.0. The van der Waals surface area contributed by atoms with Crippen LogP contribution in [0.1, 0.15) is 10.4 Å². The van der Waals surface area contributed by atoms with E-state index in [1.54, 1.807) is 18.2 Å². The number of nitrogens with one attached hydrogen (secondary N) is 2. The van der Waals surface area contributed by atoms with Crippen molar-refractivity contribution in [2.45, 2.75) is 4.90 Å². The number of benzene rings is 3. The molecule has 10 heteroatoms. The van der Waals surface area contributed by atoms with Gasteiger partial charge in [-0.3, -0.25) is 9.52 Å². The number of sulfonamides is 1. The molecule has 0 saturated carbocycles. The lowest BCUT2D eigenvalue weighted by Crippen LogP contribution is -2.14. The minimum absolute atomic E-state index is 0.146. The Morgan fingerprint density at radius 2 is 1.45 bits per heavy atom. The minimum atomic E-state index is -4.13. The van der Waals surface area contributed by atoms with Crippen molar-refractivity contribution in [3.8, 4) is 11.5 Å². The monoisotopic (exact) mass is 448 g/mol. The molecule has 1 amide bonds. The van der Waals surface area contributed by atoms with Gasteiger partial charge in [0.05, 0.1) is 19.1 Å². The van der Waals surface area contributed by atoms with Gasteiger partial charge in [-0.2, -0.15) is 0 Å². The number of halogens is 2. The molecule has 3 rings (SSSR count). The van der Waals surface area contributed by atoms with Gasteiger partial charge in [-0.1, -0.05) is 0 Å². The Balaban J connectivity index is 1.72. The van der Waals surface area contributed by atoms with Crippen LogP contribution in [0.5, 0.6) is 11.5 Å². The zero-order chi connectivity index (χ0) is 22.6. The smallest absolute Gasteiger partial charge is 0.261 e. The fourth-order valence-electron chi connectivity index (χ4n) is 2.66. The van der Waals surface area contributed by atoms with Crippen molar-refractivity contribution in [2.24, 2.45) is 0 Å². The highest BCUT2D eigenvalue weighted by Crippen LogP contribution is 2.30. The molecule has 0 radical (unpaired) electrons. The van der Waals surface area contributed by atoms with E-state index in [4.69, 9.17) is 9.47 Å². The second-order valence-electron chi connectivity index (χ2n) is 6.28. The summed E-state index contributed by atoms with van der Waals surface area (Å²) in [6, 6.07) is 12.7. The van der Waals surface area contributed by atoms with Crippen molar-refractivity contribution in [2.75, 3.05) is 24.3 Å². The van der Waals surface area contributed by atoms with E-state index in [9.17, 15) is 22.0 Å². The topological polar surface area (TPSA) is 93.7 Å². The quantitative estimate of drug-likeness (QED) is 0.569. The summed E-state index contributed by atoms with van der Waals surface area (Å²) in [5.41, 5.74) is 0.892. The maximum Gasteiger partial charge on any atom is 0.261 e. The molecule has 162 valence electrons. The number of amides is 1. The predicted octanol–water partition coefficient (Wildman–Crippen LogP) is 4.04. The highest BCUT2D eigenvalue weighted by Gasteiger charge is 2.17. The average Bonchev–Trinajstić information content (AvgIpc) is 2.75. The van der Waals surface area contributed by atoms with E-state index >= 15 is 0 Å². The Labute approximate surface area is 177 Å². The highest BCUT2D eigenvalue weighted by molar-refractivity contribution is 7.92. The molecule has 0 aromatic heterocycles. The number of anilines is 2. The number of hydrogen-bond donors (Lipinski definition) is 2. The largest absolute Gasteiger partial charge is 0.493 e. The van der Waals surface area contributed by atoms with Crippen LogP contribution in [0.15, 0.2) is 65.6 Å². The Morgan fingerprint density at radius 3 is 2.06 bits per heavy atom. The third-order valence-electron chi connectivity index (χ3n) is 4.24. The van der Waals surface area contributed by atoms with Gasteiger partial charge in [-0.05, 0) is 54.6 Å². The average molecular weight is 448 g/mol. The Bertz CT molecular complexity index is 1210. The van der Waals surface area contributed by atoms with Gasteiger partial charge in [-0.15, -0.1) is 0 Å². The van der Waals surface area contributed by atoms with Gasteiger partial charge in [0.15, 0.2) is 23.1 Å². The summed E-state index contributed by atoms with van der Waals surface area (Å²) in [6.07, 6.45) is 0. The molecular weight excluding hydrogens is 430 g/mol. The van der Waals surface area contributed by atoms with Gasteiger partial charge in [-0.25, -0.2) is 17.2 Å². The van der Waals surface area contributed by atoms with E-state index in [0.717, 1.165) is 12.1 Å². The summed E-state index contributed by atoms with van der Waals surface area (Å²) >= 11 is 0. The number of carbonyl (C=O) groups excluding carboxylic acids is 1. The molecule has 2 N–H and O–H groups in total. The highest BCUT2D eigenvalue weighted by atomic mass is 32.2. The molecule has 7 nitrogen and oxygen atoms in total. The van der Waals surface area contributed by atoms with Crippen LogP contribution >= 0.6 is 0 Å². The lowest BCUT2D eigenvalue weighted by Gasteiger charge is -2.11. The summed E-state index contributed by atoms with van der Waals surface area (Å²) < 4.78 is 63.6. The van der Waals surface area contributed by atoms with E-state index in [2.05, 4.69) is 10.0 Å². The van der Waals surface area contributed by atoms with Crippen LogP contribution in [0, 0.1) is 11.6 Å². The number of rotatable bonds is 7. The van der Waals surface area contributed by atoms with Crippen molar-refractivity contribution in [3.63, 3.8) is 0 Å². The zero-order valence-electron chi connectivity index (χ0n) is 16.5. The van der Waals surface area contributed by atoms with Gasteiger partial charge in [0.25, 0.3) is 15.9 Å². The van der Waals surface area contributed by atoms with Crippen LogP contribution in [0.4, 0.5) is 20.2 Å². The molecule has 3 aromatic rings. The predicted molar refractivity (Wildman–Crippen MR) is 111 cm³/mol. The lowest BCUT2D eigenvalue weighted by atomic mass is 10.2. The van der Waals surface area contributed by atoms with Gasteiger partial charge in [0.2, 0.25) is 0 Å². The first kappa shape index (κ1) is 22.0. The van der Waals surface area contributed by atoms with Gasteiger partial charge < -0.3 is 14.8 Å². The standard InChI is InChI=1S/C21H18F2N2O5S/c1-29-19-10-7-15(11-20(19)30-2)24-21(26)13-3-5-14(6-4-13)25-31(27,28)16-8-9-17(22)18(23)12-16/h3-12,25H,1-2H3,(H,24,26). The summed E-state index contributed by atoms with van der Waals surface area (Å²) in [5, 5.41) is 2.70. The first-order chi connectivity index (χ1) is 14.7. The molecule has 0 atom stereocenters. The van der Waals surface area contributed by atoms with Crippen molar-refractivity contribution in [1.29, 1.82) is 0 Å². The second-order valence-corrected chi connectivity index (χ2v) is 7.97. The molecule has 0 unspecified atom stereocenters. The Morgan fingerprint density at radius 1 is 0.806 bits per heavy atom. The van der Waals surface area contributed by atoms with Gasteiger partial charge >= 0.3 is 0 Å². The maximum atomic E-state index is 13.3. The van der Waals surface area contributed by atoms with Crippen molar-refractivity contribution in [3.05, 3.63) is 77.9 Å². The molecule has 0 bridgehead atoms. The molecule has 3 aromatic carbocycles. The molecule has 0 spiro atoms. The fourth-order valence-corrected chi connectivity index (χ4v) is 3.74. The van der Waals surface area contributed by atoms with Crippen LogP contribution < -0.4 is 19.5 Å². The van der Waals surface area contributed by atoms with Crippen molar-refractivity contribution >= 4 is 27.3 Å². The second kappa shape index (κ2) is 9.00. The van der Waals surface area contributed by atoms with Crippen molar-refractivity contribution < 1.29 is 31.5 Å². The Hall–Kier alpha value is -3.66. The molecule has 0 saturated heterocycles. The molecule has 0 heterocycles. The van der Waals surface area contributed by atoms with Gasteiger partial charge in [0.1, 0.15) is 0 Å². The number of carbonyl (C=O) groups is 1. The van der Waals surface area contributed by atoms with E-state index in [1.165, 1.54) is 38.5 Å². The fraction of sp³-hybridized carbons (Fsp3) is 0.0952. The van der Waals surface area contributed by atoms with E-state index in [1.807, 2.05) is 0 Å². The van der Waals surface area contributed by atoms with Crippen LogP contribution in [0.2, 0.25) is 0 Å². The number of ether oxygens (including phenoxy) is 2. The number of hydrogen-bond acceptors (Lipinski definition) is 5. The Kier molecular flexibility index (Phi) is 6.40. The zero-order valence-corrected chi connectivity index (χ0v) is 17.3. The first-order valence-electron chi connectivity index (χ1n) is 8.85. The molecule has 31 heavy (non-hydrogen) atoms. The van der Waals surface area contributed by atoms with Crippen LogP contribution in [0.3, 0.4) is 0 Å². The van der Waals surface area contributed by atoms with Crippen LogP contribution in [-0.2, 0) is 10.0 Å². The maximum absolute atomic E-state index is 13.3. The van der Waals surface area contributed by atoms with Gasteiger partial charge in [0, 0.05) is 23.0 Å². The summed E-state index contributed by atoms with van der Waals surface area (Å²) in [6.45, 7) is 0. The lowest BCUT2D eigenvalue weighted by molar-refractivity contribution is 0.102. The third kappa shape index (κ3) is 5.10.